The van der Waals surface area contributed by atoms with Gasteiger partial charge in [-0.25, -0.2) is 4.98 Å². The van der Waals surface area contributed by atoms with Crippen LogP contribution in [0.25, 0.3) is 0 Å². The lowest BCUT2D eigenvalue weighted by Gasteiger charge is -2.24. The van der Waals surface area contributed by atoms with Gasteiger partial charge in [0.05, 0.1) is 42.7 Å². The van der Waals surface area contributed by atoms with Gasteiger partial charge in [-0.2, -0.15) is 0 Å². The van der Waals surface area contributed by atoms with Crippen molar-refractivity contribution in [3.05, 3.63) is 22.2 Å². The lowest BCUT2D eigenvalue weighted by molar-refractivity contribution is -0.140. The van der Waals surface area contributed by atoms with Crippen LogP contribution in [0.5, 0.6) is 0 Å². The third-order valence-electron chi connectivity index (χ3n) is 5.92. The molecule has 0 spiro atoms. The largest absolute Gasteiger partial charge is 0.481 e. The lowest BCUT2D eigenvalue weighted by Crippen LogP contribution is -2.49. The first-order chi connectivity index (χ1) is 16.6. The van der Waals surface area contributed by atoms with E-state index in [0.717, 1.165) is 25.9 Å². The molecule has 0 saturated carbocycles. The lowest BCUT2D eigenvalue weighted by atomic mass is 10.1. The average Bonchev–Trinajstić information content (AvgIpc) is 3.31. The minimum Gasteiger partial charge on any atom is -0.481 e. The number of carbonyl (C=O) groups is 3. The van der Waals surface area contributed by atoms with Gasteiger partial charge in [0.1, 0.15) is 6.04 Å². The van der Waals surface area contributed by atoms with Crippen molar-refractivity contribution in [2.24, 2.45) is 0 Å². The second-order valence-electron chi connectivity index (χ2n) is 8.64. The third kappa shape index (κ3) is 7.81. The molecule has 1 aliphatic rings. The summed E-state index contributed by atoms with van der Waals surface area (Å²) in [6.07, 6.45) is 3.57. The van der Waals surface area contributed by atoms with Crippen LogP contribution in [-0.2, 0) is 20.8 Å². The highest BCUT2D eigenvalue weighted by atomic mass is 16.4. The summed E-state index contributed by atoms with van der Waals surface area (Å²) in [6, 6.07) is -2.19. The first kappa shape index (κ1) is 27.8. The molecule has 35 heavy (non-hydrogen) atoms. The Hall–Kier alpha value is -3.41. The highest BCUT2D eigenvalue weighted by molar-refractivity contribution is 6.40. The molecule has 0 aromatic carbocycles. The number of carboxylic acid groups (broad SMARTS) is 1. The van der Waals surface area contributed by atoms with Crippen LogP contribution >= 0.6 is 0 Å². The van der Waals surface area contributed by atoms with Gasteiger partial charge >= 0.3 is 5.97 Å². The topological polar surface area (TPSA) is 181 Å². The molecular formula is C23H35N7O5. The number of aliphatic carboxylic acids is 1. The summed E-state index contributed by atoms with van der Waals surface area (Å²) < 4.78 is 1.23. The number of hydrogen-bond acceptors (Lipinski definition) is 9. The van der Waals surface area contributed by atoms with E-state index in [0.29, 0.717) is 12.1 Å². The summed E-state index contributed by atoms with van der Waals surface area (Å²) in [4.78, 5) is 56.7. The highest BCUT2D eigenvalue weighted by Gasteiger charge is 2.30. The van der Waals surface area contributed by atoms with Crippen LogP contribution in [0.1, 0.15) is 58.2 Å². The van der Waals surface area contributed by atoms with Crippen LogP contribution in [0.15, 0.2) is 11.0 Å². The number of ketones is 1. The molecular weight excluding hydrogens is 454 g/mol. The molecule has 1 saturated heterocycles. The number of aryl methyl sites for hydroxylation is 1. The first-order valence-corrected chi connectivity index (χ1v) is 11.8. The molecule has 0 aliphatic carbocycles. The van der Waals surface area contributed by atoms with E-state index in [1.807, 2.05) is 11.8 Å². The molecule has 12 nitrogen and oxygen atoms in total. The molecule has 2 atom stereocenters. The quantitative estimate of drug-likeness (QED) is 0.238. The fourth-order valence-electron chi connectivity index (χ4n) is 3.85. The van der Waals surface area contributed by atoms with Gasteiger partial charge in [-0.1, -0.05) is 13.8 Å². The van der Waals surface area contributed by atoms with Gasteiger partial charge < -0.3 is 26.6 Å². The Morgan fingerprint density at radius 3 is 2.40 bits per heavy atom. The molecule has 1 aromatic rings. The smallest absolute Gasteiger partial charge is 0.305 e. The van der Waals surface area contributed by atoms with Crippen molar-refractivity contribution in [2.75, 3.05) is 31.5 Å². The standard InChI is InChI=1S/C23H35N7O5/c1-4-15-12-30(23(35)21(27-15)26-11-16(25)14(3)24)18(5-2)22(34)28-17(10-20(32)33)19(31)13-29-8-6-7-9-29/h12,17-18,24-25H,4-11,13H2,1-3H3,(H,26,27)(H,28,34)(H,32,33). The maximum atomic E-state index is 13.2. The number of anilines is 1. The van der Waals surface area contributed by atoms with Gasteiger partial charge in [-0.15, -0.1) is 0 Å². The molecule has 1 aliphatic heterocycles. The average molecular weight is 490 g/mol. The van der Waals surface area contributed by atoms with Crippen molar-refractivity contribution in [3.8, 4) is 0 Å². The minimum atomic E-state index is -1.21. The number of carbonyl (C=O) groups excluding carboxylic acids is 2. The Bertz CT molecular complexity index is 1030. The van der Waals surface area contributed by atoms with E-state index in [4.69, 9.17) is 10.8 Å². The monoisotopic (exact) mass is 489 g/mol. The number of Topliss-reactive ketones (excluding diaryl/α,β-unsaturated/α-hetero) is 1. The van der Waals surface area contributed by atoms with Crippen molar-refractivity contribution < 1.29 is 19.5 Å². The van der Waals surface area contributed by atoms with Crippen LogP contribution in [0.2, 0.25) is 0 Å². The van der Waals surface area contributed by atoms with E-state index >= 15 is 0 Å². The number of nitrogens with zero attached hydrogens (tertiary/aromatic N) is 3. The first-order valence-electron chi connectivity index (χ1n) is 11.8. The Morgan fingerprint density at radius 1 is 1.20 bits per heavy atom. The van der Waals surface area contributed by atoms with Crippen LogP contribution in [0, 0.1) is 10.8 Å². The zero-order chi connectivity index (χ0) is 26.1. The zero-order valence-electron chi connectivity index (χ0n) is 20.5. The molecule has 0 radical (unpaired) electrons. The van der Waals surface area contributed by atoms with Crippen LogP contribution in [0.3, 0.4) is 0 Å². The van der Waals surface area contributed by atoms with Gasteiger partial charge in [0, 0.05) is 6.20 Å². The van der Waals surface area contributed by atoms with Crippen molar-refractivity contribution in [2.45, 2.75) is 65.0 Å². The fraction of sp³-hybridized carbons (Fsp3) is 0.609. The summed E-state index contributed by atoms with van der Waals surface area (Å²) in [5.41, 5.74) is -0.00252. The summed E-state index contributed by atoms with van der Waals surface area (Å²) in [7, 11) is 0. The van der Waals surface area contributed by atoms with Crippen molar-refractivity contribution in [3.63, 3.8) is 0 Å². The predicted molar refractivity (Wildman–Crippen MR) is 132 cm³/mol. The van der Waals surface area contributed by atoms with E-state index in [1.54, 1.807) is 6.92 Å². The third-order valence-corrected chi connectivity index (χ3v) is 5.92. The van der Waals surface area contributed by atoms with E-state index in [-0.39, 0.29) is 42.5 Å². The second kappa shape index (κ2) is 12.9. The molecule has 0 bridgehead atoms. The van der Waals surface area contributed by atoms with E-state index in [2.05, 4.69) is 15.6 Å². The summed E-state index contributed by atoms with van der Waals surface area (Å²) in [6.45, 7) is 6.53. The molecule has 2 unspecified atom stereocenters. The van der Waals surface area contributed by atoms with Gasteiger partial charge in [0.25, 0.3) is 5.56 Å². The number of hydrogen-bond donors (Lipinski definition) is 5. The predicted octanol–water partition coefficient (Wildman–Crippen LogP) is 0.853. The van der Waals surface area contributed by atoms with Gasteiger partial charge in [0.2, 0.25) is 5.91 Å². The van der Waals surface area contributed by atoms with E-state index < -0.39 is 35.9 Å². The molecule has 1 amide bonds. The highest BCUT2D eigenvalue weighted by Crippen LogP contribution is 2.14. The van der Waals surface area contributed by atoms with Crippen LogP contribution < -0.4 is 16.2 Å². The van der Waals surface area contributed by atoms with Crippen molar-refractivity contribution in [1.82, 2.24) is 19.8 Å². The van der Waals surface area contributed by atoms with Gasteiger partial charge in [-0.05, 0) is 45.7 Å². The molecule has 1 aromatic heterocycles. The zero-order valence-corrected chi connectivity index (χ0v) is 20.5. The number of amides is 1. The van der Waals surface area contributed by atoms with Gasteiger partial charge in [-0.3, -0.25) is 28.6 Å². The van der Waals surface area contributed by atoms with Gasteiger partial charge in [0.15, 0.2) is 11.6 Å². The van der Waals surface area contributed by atoms with Crippen molar-refractivity contribution >= 4 is 34.9 Å². The number of likely N-dealkylation sites (tertiary alicyclic amines) is 1. The normalized spacial score (nSPS) is 15.3. The van der Waals surface area contributed by atoms with Crippen LogP contribution in [-0.4, -0.2) is 80.9 Å². The Kier molecular flexibility index (Phi) is 10.2. The molecule has 192 valence electrons. The molecule has 2 heterocycles. The summed E-state index contributed by atoms with van der Waals surface area (Å²) in [5, 5.41) is 29.9. The Morgan fingerprint density at radius 2 is 1.86 bits per heavy atom. The van der Waals surface area contributed by atoms with E-state index in [9.17, 15) is 24.3 Å². The molecule has 2 rings (SSSR count). The molecule has 12 heteroatoms. The Labute approximate surface area is 204 Å². The maximum absolute atomic E-state index is 13.2. The molecule has 5 N–H and O–H groups in total. The van der Waals surface area contributed by atoms with Crippen molar-refractivity contribution in [1.29, 1.82) is 10.8 Å². The number of rotatable bonds is 14. The summed E-state index contributed by atoms with van der Waals surface area (Å²) >= 11 is 0. The Balaban J connectivity index is 2.28. The second-order valence-corrected chi connectivity index (χ2v) is 8.64. The SMILES string of the molecule is CCc1cn(C(CC)C(=O)NC(CC(=O)O)C(=O)CN2CCCC2)c(=O)c(NCC(=N)C(C)=N)n1. The van der Waals surface area contributed by atoms with E-state index in [1.165, 1.54) is 17.7 Å². The minimum absolute atomic E-state index is 0.00235. The number of aromatic nitrogens is 2. The fourth-order valence-corrected chi connectivity index (χ4v) is 3.85. The number of carboxylic acids is 1. The summed E-state index contributed by atoms with van der Waals surface area (Å²) in [5.74, 6) is -2.26. The number of nitrogens with one attached hydrogen (secondary N) is 4. The maximum Gasteiger partial charge on any atom is 0.305 e. The molecule has 1 fully saturated rings. The van der Waals surface area contributed by atoms with Crippen LogP contribution in [0.4, 0.5) is 5.82 Å².